The van der Waals surface area contributed by atoms with Gasteiger partial charge in [0.2, 0.25) is 23.7 Å². The second-order valence-corrected chi connectivity index (χ2v) is 14.6. The van der Waals surface area contributed by atoms with Gasteiger partial charge >= 0.3 is 31.6 Å². The maximum Gasteiger partial charge on any atom is 0.403 e. The van der Waals surface area contributed by atoms with Crippen molar-refractivity contribution in [2.45, 2.75) is 108 Å². The Kier molecular flexibility index (Phi) is 23.8. The van der Waals surface area contributed by atoms with E-state index in [9.17, 15) is 62.4 Å². The number of halogens is 2. The number of amides is 4. The highest BCUT2D eigenvalue weighted by Crippen LogP contribution is 2.38. The van der Waals surface area contributed by atoms with Gasteiger partial charge in [-0.2, -0.15) is 4.39 Å². The van der Waals surface area contributed by atoms with Gasteiger partial charge in [-0.05, 0) is 57.4 Å². The first-order valence-corrected chi connectivity index (χ1v) is 19.9. The van der Waals surface area contributed by atoms with Crippen molar-refractivity contribution in [2.75, 3.05) is 19.7 Å². The Morgan fingerprint density at radius 1 is 0.702 bits per heavy atom. The number of carbonyl (C=O) groups is 8. The number of unbranched alkanes of at least 4 members (excludes halogenated alkanes) is 4. The lowest BCUT2D eigenvalue weighted by molar-refractivity contribution is -0.143. The fourth-order valence-electron chi connectivity index (χ4n) is 4.88. The monoisotopic (exact) mass is 854 g/mol. The predicted molar refractivity (Wildman–Crippen MR) is 196 cm³/mol. The smallest absolute Gasteiger partial charge is 0.403 e. The molecule has 1 heterocycles. The van der Waals surface area contributed by atoms with E-state index in [4.69, 9.17) is 26.3 Å². The highest BCUT2D eigenvalue weighted by molar-refractivity contribution is 7.50. The van der Waals surface area contributed by atoms with Gasteiger partial charge in [0.25, 0.3) is 5.91 Å². The van der Waals surface area contributed by atoms with Crippen molar-refractivity contribution >= 4 is 66.9 Å². The van der Waals surface area contributed by atoms with Crippen LogP contribution in [-0.4, -0.2) is 116 Å². The maximum absolute atomic E-state index is 13.1. The molecule has 0 aromatic carbocycles. The molecule has 1 aromatic rings. The topological polar surface area (TPSA) is 337 Å². The molecule has 10 N–H and O–H groups in total. The van der Waals surface area contributed by atoms with Crippen molar-refractivity contribution in [3.63, 3.8) is 0 Å². The Bertz CT molecular complexity index is 1610. The molecule has 0 saturated heterocycles. The minimum atomic E-state index is -4.73. The van der Waals surface area contributed by atoms with E-state index in [0.29, 0.717) is 51.6 Å². The van der Waals surface area contributed by atoms with Crippen LogP contribution in [0.3, 0.4) is 0 Å². The van der Waals surface area contributed by atoms with Crippen LogP contribution in [0, 0.1) is 5.95 Å². The summed E-state index contributed by atoms with van der Waals surface area (Å²) in [5.74, 6) is -8.72. The van der Waals surface area contributed by atoms with E-state index >= 15 is 0 Å². The Morgan fingerprint density at radius 2 is 1.23 bits per heavy atom. The average Bonchev–Trinajstić information content (AvgIpc) is 3.13. The van der Waals surface area contributed by atoms with Crippen LogP contribution in [0.25, 0.3) is 0 Å². The van der Waals surface area contributed by atoms with E-state index in [2.05, 4.69) is 26.3 Å². The molecule has 24 heteroatoms. The molecule has 1 aromatic heterocycles. The quantitative estimate of drug-likeness (QED) is 0.0288. The number of aromatic nitrogens is 1. The third-order valence-electron chi connectivity index (χ3n) is 7.92. The van der Waals surface area contributed by atoms with Gasteiger partial charge in [-0.25, -0.2) is 24.2 Å². The molecular weight excluding hydrogens is 806 g/mol. The summed E-state index contributed by atoms with van der Waals surface area (Å²) in [5, 5.41) is 48.2. The van der Waals surface area contributed by atoms with E-state index in [1.807, 2.05) is 5.09 Å². The summed E-state index contributed by atoms with van der Waals surface area (Å²) in [6, 6.07) is -3.48. The summed E-state index contributed by atoms with van der Waals surface area (Å²) in [6.07, 6.45) is 2.24. The number of aliphatic carboxylic acids is 4. The molecule has 0 bridgehead atoms. The highest BCUT2D eigenvalue weighted by atomic mass is 35.5. The van der Waals surface area contributed by atoms with Crippen molar-refractivity contribution in [1.82, 2.24) is 31.3 Å². The fourth-order valence-corrected chi connectivity index (χ4v) is 6.14. The molecule has 4 atom stereocenters. The van der Waals surface area contributed by atoms with Crippen molar-refractivity contribution in [3.8, 4) is 0 Å². The maximum atomic E-state index is 13.1. The molecule has 0 aliphatic heterocycles. The number of carbonyl (C=O) groups excluding carboxylic acids is 4. The van der Waals surface area contributed by atoms with E-state index in [0.717, 1.165) is 6.20 Å². The van der Waals surface area contributed by atoms with Crippen LogP contribution < -0.4 is 26.4 Å². The average molecular weight is 855 g/mol. The second-order valence-electron chi connectivity index (χ2n) is 12.6. The minimum Gasteiger partial charge on any atom is -0.481 e. The van der Waals surface area contributed by atoms with Crippen molar-refractivity contribution in [3.05, 3.63) is 28.8 Å². The number of hydrogen-bond donors (Lipinski definition) is 10. The Balaban J connectivity index is 2.27. The largest absolute Gasteiger partial charge is 0.481 e. The lowest BCUT2D eigenvalue weighted by Crippen LogP contribution is -2.44. The molecular formula is C33H49ClFN6O15P. The molecule has 0 saturated carbocycles. The van der Waals surface area contributed by atoms with Crippen molar-refractivity contribution < 1.29 is 77.2 Å². The number of hydrogen-bond acceptors (Lipinski definition) is 11. The Hall–Kier alpha value is -4.76. The second kappa shape index (κ2) is 27.0. The SMILES string of the molecule is O=C(O)CCC(NP(=O)(O)OCCCC(NC(=O)CCC(NC(=O)CCCCCNC(=O)CCCCCNC(=O)c1cnc(F)c(Cl)c1)C(=O)O)C(=O)O)C(=O)O. The van der Waals surface area contributed by atoms with Gasteiger partial charge in [-0.15, -0.1) is 0 Å². The molecule has 0 spiro atoms. The number of carboxylic acids is 4. The molecule has 4 unspecified atom stereocenters. The molecule has 4 amide bonds. The number of pyridine rings is 1. The summed E-state index contributed by atoms with van der Waals surface area (Å²) in [6.45, 7) is 0.168. The number of nitrogens with zero attached hydrogens (tertiary/aromatic N) is 1. The molecule has 0 radical (unpaired) electrons. The van der Waals surface area contributed by atoms with Gasteiger partial charge in [0.1, 0.15) is 18.1 Å². The van der Waals surface area contributed by atoms with Crippen LogP contribution >= 0.6 is 19.3 Å². The lowest BCUT2D eigenvalue weighted by atomic mass is 10.1. The van der Waals surface area contributed by atoms with Crippen molar-refractivity contribution in [1.29, 1.82) is 0 Å². The fraction of sp³-hybridized carbons (Fsp3) is 0.606. The minimum absolute atomic E-state index is 0.0239. The van der Waals surface area contributed by atoms with Gasteiger partial charge in [0.15, 0.2) is 0 Å². The van der Waals surface area contributed by atoms with E-state index in [-0.39, 0.29) is 48.6 Å². The molecule has 57 heavy (non-hydrogen) atoms. The van der Waals surface area contributed by atoms with Crippen LogP contribution in [-0.2, 0) is 42.7 Å². The first-order valence-electron chi connectivity index (χ1n) is 17.9. The third-order valence-corrected chi connectivity index (χ3v) is 9.36. The summed E-state index contributed by atoms with van der Waals surface area (Å²) < 4.78 is 30.0. The predicted octanol–water partition coefficient (Wildman–Crippen LogP) is 1.56. The molecule has 1 rings (SSSR count). The molecule has 0 fully saturated rings. The lowest BCUT2D eigenvalue weighted by Gasteiger charge is -2.19. The van der Waals surface area contributed by atoms with Crippen molar-refractivity contribution in [2.24, 2.45) is 0 Å². The van der Waals surface area contributed by atoms with E-state index in [1.165, 1.54) is 6.07 Å². The summed E-state index contributed by atoms with van der Waals surface area (Å²) in [5.41, 5.74) is 0.130. The van der Waals surface area contributed by atoms with Gasteiger partial charge in [0.05, 0.1) is 17.2 Å². The van der Waals surface area contributed by atoms with E-state index in [1.54, 1.807) is 0 Å². The van der Waals surface area contributed by atoms with Gasteiger partial charge in [-0.3, -0.25) is 33.3 Å². The first-order chi connectivity index (χ1) is 26.8. The van der Waals surface area contributed by atoms with Crippen LogP contribution in [0.2, 0.25) is 5.02 Å². The Labute approximate surface area is 331 Å². The molecule has 21 nitrogen and oxygen atoms in total. The number of carboxylic acid groups (broad SMARTS) is 4. The Morgan fingerprint density at radius 3 is 1.79 bits per heavy atom. The van der Waals surface area contributed by atoms with Gasteiger partial charge < -0.3 is 46.6 Å². The summed E-state index contributed by atoms with van der Waals surface area (Å²) in [7, 11) is -4.73. The standard InChI is InChI=1S/C33H49ClFN6O15P/c34-21-18-20(19-38-29(21)35)30(47)37-16-6-1-3-9-25(42)36-15-5-2-4-10-26(43)40-23(32(50)51)11-13-27(44)39-22(31(48)49)8-7-17-56-57(54,55)41-24(33(52)53)12-14-28(45)46/h18-19,22-24H,1-17H2,(H,36,42)(H,37,47)(H,39,44)(H,40,43)(H,45,46)(H,48,49)(H,50,51)(H,52,53)(H2,41,54,55). The zero-order valence-corrected chi connectivity index (χ0v) is 32.5. The zero-order chi connectivity index (χ0) is 43.0. The molecule has 320 valence electrons. The van der Waals surface area contributed by atoms with Crippen LogP contribution in [0.5, 0.6) is 0 Å². The van der Waals surface area contributed by atoms with Gasteiger partial charge in [0, 0.05) is 45.0 Å². The van der Waals surface area contributed by atoms with Crippen LogP contribution in [0.1, 0.15) is 100 Å². The van der Waals surface area contributed by atoms with Crippen LogP contribution in [0.15, 0.2) is 12.3 Å². The van der Waals surface area contributed by atoms with Crippen LogP contribution in [0.4, 0.5) is 4.39 Å². The summed E-state index contributed by atoms with van der Waals surface area (Å²) >= 11 is 5.62. The summed E-state index contributed by atoms with van der Waals surface area (Å²) in [4.78, 5) is 107. The first kappa shape index (κ1) is 50.3. The van der Waals surface area contributed by atoms with E-state index < -0.39 is 99.3 Å². The molecule has 0 aliphatic carbocycles. The normalized spacial score (nSPS) is 13.6. The molecule has 0 aliphatic rings. The highest BCUT2D eigenvalue weighted by Gasteiger charge is 2.30. The number of nitrogens with one attached hydrogen (secondary N) is 5. The third kappa shape index (κ3) is 23.2. The zero-order valence-electron chi connectivity index (χ0n) is 30.9. The number of rotatable bonds is 31. The van der Waals surface area contributed by atoms with Gasteiger partial charge in [-0.1, -0.05) is 24.4 Å².